The average Bonchev–Trinajstić information content (AvgIpc) is 2.83. The second-order valence-corrected chi connectivity index (χ2v) is 5.24. The third-order valence-electron chi connectivity index (χ3n) is 3.94. The molecular formula is C14H26N2O3. The molecule has 0 aromatic heterocycles. The van der Waals surface area contributed by atoms with Crippen molar-refractivity contribution in [2.75, 3.05) is 13.1 Å². The Hall–Kier alpha value is -1.26. The largest absolute Gasteiger partial charge is 0.481 e. The molecule has 0 aromatic rings. The van der Waals surface area contributed by atoms with Crippen LogP contribution < -0.4 is 0 Å². The number of carboxylic acids is 1. The Morgan fingerprint density at radius 1 is 1.21 bits per heavy atom. The van der Waals surface area contributed by atoms with Crippen molar-refractivity contribution in [3.8, 4) is 0 Å². The first-order chi connectivity index (χ1) is 9.01. The van der Waals surface area contributed by atoms with Crippen LogP contribution in [0.15, 0.2) is 0 Å². The molecule has 0 spiro atoms. The van der Waals surface area contributed by atoms with E-state index in [1.807, 2.05) is 18.7 Å². The number of hydrogen-bond acceptors (Lipinski definition) is 2. The summed E-state index contributed by atoms with van der Waals surface area (Å²) in [7, 11) is 0. The van der Waals surface area contributed by atoms with E-state index in [9.17, 15) is 9.59 Å². The molecule has 1 fully saturated rings. The molecule has 19 heavy (non-hydrogen) atoms. The van der Waals surface area contributed by atoms with E-state index in [0.717, 1.165) is 12.8 Å². The van der Waals surface area contributed by atoms with Crippen molar-refractivity contribution in [1.29, 1.82) is 0 Å². The van der Waals surface area contributed by atoms with Gasteiger partial charge in [0.1, 0.15) is 0 Å². The van der Waals surface area contributed by atoms with Crippen LogP contribution in [0.3, 0.4) is 0 Å². The molecule has 5 heteroatoms. The molecule has 0 bridgehead atoms. The Labute approximate surface area is 115 Å². The number of urea groups is 1. The predicted octanol–water partition coefficient (Wildman–Crippen LogP) is 2.56. The molecule has 2 amide bonds. The van der Waals surface area contributed by atoms with Crippen LogP contribution in [-0.2, 0) is 4.79 Å². The summed E-state index contributed by atoms with van der Waals surface area (Å²) < 4.78 is 0. The number of amides is 2. The van der Waals surface area contributed by atoms with E-state index in [1.54, 1.807) is 11.8 Å². The summed E-state index contributed by atoms with van der Waals surface area (Å²) in [5.41, 5.74) is 0. The maximum absolute atomic E-state index is 12.6. The minimum absolute atomic E-state index is 0.00179. The molecule has 0 saturated heterocycles. The van der Waals surface area contributed by atoms with Crippen LogP contribution in [0.5, 0.6) is 0 Å². The fourth-order valence-corrected chi connectivity index (χ4v) is 2.93. The van der Waals surface area contributed by atoms with Gasteiger partial charge >= 0.3 is 12.0 Å². The number of aliphatic carboxylic acids is 1. The second kappa shape index (κ2) is 7.36. The minimum Gasteiger partial charge on any atom is -0.481 e. The van der Waals surface area contributed by atoms with Gasteiger partial charge in [-0.3, -0.25) is 4.79 Å². The highest BCUT2D eigenvalue weighted by Gasteiger charge is 2.30. The van der Waals surface area contributed by atoms with Crippen molar-refractivity contribution >= 4 is 12.0 Å². The highest BCUT2D eigenvalue weighted by Crippen LogP contribution is 2.24. The van der Waals surface area contributed by atoms with Crippen LogP contribution in [0.1, 0.15) is 52.9 Å². The lowest BCUT2D eigenvalue weighted by atomic mass is 10.2. The van der Waals surface area contributed by atoms with Crippen molar-refractivity contribution in [2.45, 2.75) is 65.0 Å². The van der Waals surface area contributed by atoms with E-state index in [4.69, 9.17) is 5.11 Å². The van der Waals surface area contributed by atoms with Gasteiger partial charge in [-0.05, 0) is 33.6 Å². The third-order valence-corrected chi connectivity index (χ3v) is 3.94. The van der Waals surface area contributed by atoms with Crippen molar-refractivity contribution in [3.05, 3.63) is 0 Å². The van der Waals surface area contributed by atoms with Gasteiger partial charge in [0.05, 0.1) is 6.42 Å². The van der Waals surface area contributed by atoms with E-state index in [2.05, 4.69) is 0 Å². The number of rotatable bonds is 6. The average molecular weight is 270 g/mol. The fourth-order valence-electron chi connectivity index (χ4n) is 2.93. The van der Waals surface area contributed by atoms with Gasteiger partial charge in [-0.15, -0.1) is 0 Å². The fraction of sp³-hybridized carbons (Fsp3) is 0.857. The standard InChI is InChI=1S/C14H26N2O3/c1-4-15(11(3)10-13(17)18)14(19)16(5-2)12-8-6-7-9-12/h11-12H,4-10H2,1-3H3,(H,17,18). The summed E-state index contributed by atoms with van der Waals surface area (Å²) >= 11 is 0. The smallest absolute Gasteiger partial charge is 0.320 e. The van der Waals surface area contributed by atoms with E-state index >= 15 is 0 Å². The summed E-state index contributed by atoms with van der Waals surface area (Å²) in [5.74, 6) is -0.859. The van der Waals surface area contributed by atoms with Gasteiger partial charge in [-0.2, -0.15) is 0 Å². The van der Waals surface area contributed by atoms with Crippen LogP contribution >= 0.6 is 0 Å². The maximum atomic E-state index is 12.6. The van der Waals surface area contributed by atoms with Gasteiger partial charge in [0.25, 0.3) is 0 Å². The Bertz CT molecular complexity index is 314. The first-order valence-corrected chi connectivity index (χ1v) is 7.30. The van der Waals surface area contributed by atoms with E-state index in [0.29, 0.717) is 19.1 Å². The second-order valence-electron chi connectivity index (χ2n) is 5.24. The van der Waals surface area contributed by atoms with Crippen LogP contribution in [0, 0.1) is 0 Å². The summed E-state index contributed by atoms with van der Waals surface area (Å²) in [6.45, 7) is 6.94. The lowest BCUT2D eigenvalue weighted by Gasteiger charge is -2.36. The van der Waals surface area contributed by atoms with Crippen molar-refractivity contribution in [1.82, 2.24) is 9.80 Å². The molecule has 1 rings (SSSR count). The Morgan fingerprint density at radius 2 is 1.79 bits per heavy atom. The molecule has 1 saturated carbocycles. The zero-order chi connectivity index (χ0) is 14.4. The number of carbonyl (C=O) groups excluding carboxylic acids is 1. The van der Waals surface area contributed by atoms with Crippen LogP contribution in [0.2, 0.25) is 0 Å². The SMILES string of the molecule is CCN(C(=O)N(CC)C1CCCC1)C(C)CC(=O)O. The number of hydrogen-bond donors (Lipinski definition) is 1. The van der Waals surface area contributed by atoms with Gasteiger partial charge in [-0.25, -0.2) is 4.79 Å². The highest BCUT2D eigenvalue weighted by atomic mass is 16.4. The van der Waals surface area contributed by atoms with E-state index in [1.165, 1.54) is 12.8 Å². The zero-order valence-electron chi connectivity index (χ0n) is 12.3. The Balaban J connectivity index is 2.71. The van der Waals surface area contributed by atoms with Crippen molar-refractivity contribution in [3.63, 3.8) is 0 Å². The first kappa shape index (κ1) is 15.8. The van der Waals surface area contributed by atoms with E-state index in [-0.39, 0.29) is 18.5 Å². The third kappa shape index (κ3) is 4.11. The minimum atomic E-state index is -0.859. The summed E-state index contributed by atoms with van der Waals surface area (Å²) in [5, 5.41) is 8.87. The summed E-state index contributed by atoms with van der Waals surface area (Å²) in [6, 6.07) is 0.0691. The quantitative estimate of drug-likeness (QED) is 0.807. The first-order valence-electron chi connectivity index (χ1n) is 7.30. The molecule has 0 radical (unpaired) electrons. The Kier molecular flexibility index (Phi) is 6.12. The molecule has 0 aliphatic heterocycles. The normalized spacial score (nSPS) is 17.2. The molecule has 1 aliphatic rings. The zero-order valence-corrected chi connectivity index (χ0v) is 12.3. The molecule has 0 heterocycles. The number of carbonyl (C=O) groups is 2. The van der Waals surface area contributed by atoms with Gasteiger partial charge in [0.2, 0.25) is 0 Å². The van der Waals surface area contributed by atoms with Crippen molar-refractivity contribution in [2.24, 2.45) is 0 Å². The topological polar surface area (TPSA) is 60.9 Å². The van der Waals surface area contributed by atoms with Crippen LogP contribution in [0.4, 0.5) is 4.79 Å². The molecule has 1 aliphatic carbocycles. The van der Waals surface area contributed by atoms with E-state index < -0.39 is 5.97 Å². The number of nitrogens with zero attached hydrogens (tertiary/aromatic N) is 2. The summed E-state index contributed by atoms with van der Waals surface area (Å²) in [4.78, 5) is 27.0. The van der Waals surface area contributed by atoms with Gasteiger partial charge in [0.15, 0.2) is 0 Å². The lowest BCUT2D eigenvalue weighted by molar-refractivity contribution is -0.138. The Morgan fingerprint density at radius 3 is 2.21 bits per heavy atom. The van der Waals surface area contributed by atoms with Gasteiger partial charge in [-0.1, -0.05) is 12.8 Å². The lowest BCUT2D eigenvalue weighted by Crippen LogP contribution is -2.50. The summed E-state index contributed by atoms with van der Waals surface area (Å²) in [6.07, 6.45) is 4.52. The molecular weight excluding hydrogens is 244 g/mol. The molecule has 1 N–H and O–H groups in total. The highest BCUT2D eigenvalue weighted by molar-refractivity contribution is 5.76. The maximum Gasteiger partial charge on any atom is 0.320 e. The molecule has 110 valence electrons. The monoisotopic (exact) mass is 270 g/mol. The van der Waals surface area contributed by atoms with Gasteiger partial charge in [0, 0.05) is 25.2 Å². The van der Waals surface area contributed by atoms with Crippen LogP contribution in [-0.4, -0.2) is 52.1 Å². The predicted molar refractivity (Wildman–Crippen MR) is 74.1 cm³/mol. The van der Waals surface area contributed by atoms with Crippen molar-refractivity contribution < 1.29 is 14.7 Å². The molecule has 5 nitrogen and oxygen atoms in total. The van der Waals surface area contributed by atoms with Crippen LogP contribution in [0.25, 0.3) is 0 Å². The molecule has 1 atom stereocenters. The molecule has 0 aromatic carbocycles. The molecule has 1 unspecified atom stereocenters. The number of carboxylic acid groups (broad SMARTS) is 1. The van der Waals surface area contributed by atoms with Gasteiger partial charge < -0.3 is 14.9 Å².